The van der Waals surface area contributed by atoms with E-state index in [2.05, 4.69) is 12.6 Å². The molecule has 4 N–H and O–H groups in total. The Morgan fingerprint density at radius 2 is 2.00 bits per heavy atom. The van der Waals surface area contributed by atoms with E-state index in [1.807, 2.05) is 18.2 Å². The van der Waals surface area contributed by atoms with E-state index in [0.29, 0.717) is 0 Å². The predicted molar refractivity (Wildman–Crippen MR) is 57.9 cm³/mol. The molecule has 62 valence electrons. The first-order valence-corrected chi connectivity index (χ1v) is 4.72. The van der Waals surface area contributed by atoms with Crippen LogP contribution in [-0.4, -0.2) is 0 Å². The highest BCUT2D eigenvalue weighted by Crippen LogP contribution is 2.38. The Morgan fingerprint density at radius 1 is 1.25 bits per heavy atom. The van der Waals surface area contributed by atoms with E-state index in [9.17, 15) is 0 Å². The van der Waals surface area contributed by atoms with Crippen molar-refractivity contribution in [3.63, 3.8) is 0 Å². The standard InChI is InChI=1S/C8H8N2S2/c9-5-3-1-2-4-6(11)8(10)12-7(4)5/h1-3,11H,9-10H2. The number of rotatable bonds is 0. The molecule has 0 aliphatic heterocycles. The Balaban J connectivity index is 2.95. The molecule has 2 aromatic rings. The third-order valence-corrected chi connectivity index (χ3v) is 3.46. The molecule has 0 amide bonds. The van der Waals surface area contributed by atoms with Crippen molar-refractivity contribution in [1.29, 1.82) is 0 Å². The van der Waals surface area contributed by atoms with Crippen LogP contribution < -0.4 is 11.5 Å². The summed E-state index contributed by atoms with van der Waals surface area (Å²) in [5.74, 6) is 0. The fourth-order valence-electron chi connectivity index (χ4n) is 1.15. The topological polar surface area (TPSA) is 52.0 Å². The van der Waals surface area contributed by atoms with Crippen molar-refractivity contribution in [2.75, 3.05) is 11.5 Å². The lowest BCUT2D eigenvalue weighted by atomic mass is 10.2. The molecule has 0 saturated carbocycles. The molecule has 0 fully saturated rings. The predicted octanol–water partition coefficient (Wildman–Crippen LogP) is 2.35. The Labute approximate surface area is 79.6 Å². The van der Waals surface area contributed by atoms with Crippen LogP contribution in [0.15, 0.2) is 23.1 Å². The zero-order valence-electron chi connectivity index (χ0n) is 6.24. The Morgan fingerprint density at radius 3 is 2.67 bits per heavy atom. The van der Waals surface area contributed by atoms with Crippen molar-refractivity contribution in [3.8, 4) is 0 Å². The first-order chi connectivity index (χ1) is 5.70. The maximum absolute atomic E-state index is 5.76. The van der Waals surface area contributed by atoms with Crippen LogP contribution in [0.4, 0.5) is 10.7 Å². The van der Waals surface area contributed by atoms with E-state index in [1.54, 1.807) is 0 Å². The number of hydrogen-bond acceptors (Lipinski definition) is 4. The van der Waals surface area contributed by atoms with Crippen LogP contribution in [0, 0.1) is 0 Å². The summed E-state index contributed by atoms with van der Waals surface area (Å²) >= 11 is 5.77. The Hall–Kier alpha value is -0.870. The molecule has 0 aliphatic rings. The van der Waals surface area contributed by atoms with Crippen molar-refractivity contribution in [3.05, 3.63) is 18.2 Å². The maximum Gasteiger partial charge on any atom is 0.100 e. The van der Waals surface area contributed by atoms with Crippen molar-refractivity contribution >= 4 is 44.7 Å². The van der Waals surface area contributed by atoms with E-state index >= 15 is 0 Å². The summed E-state index contributed by atoms with van der Waals surface area (Å²) in [7, 11) is 0. The number of thiol groups is 1. The van der Waals surface area contributed by atoms with Gasteiger partial charge in [-0.05, 0) is 6.07 Å². The van der Waals surface area contributed by atoms with E-state index in [1.165, 1.54) is 11.3 Å². The number of hydrogen-bond donors (Lipinski definition) is 3. The zero-order chi connectivity index (χ0) is 8.72. The van der Waals surface area contributed by atoms with Gasteiger partial charge in [0.25, 0.3) is 0 Å². The molecular formula is C8H8N2S2. The van der Waals surface area contributed by atoms with Crippen LogP contribution in [0.3, 0.4) is 0 Å². The van der Waals surface area contributed by atoms with Gasteiger partial charge in [0.2, 0.25) is 0 Å². The number of nitrogens with two attached hydrogens (primary N) is 2. The Kier molecular flexibility index (Phi) is 1.66. The number of anilines is 2. The van der Waals surface area contributed by atoms with Crippen molar-refractivity contribution in [2.45, 2.75) is 4.90 Å². The van der Waals surface area contributed by atoms with Crippen LogP contribution in [0.25, 0.3) is 10.1 Å². The SMILES string of the molecule is Nc1sc2c(N)cccc2c1S. The van der Waals surface area contributed by atoms with Gasteiger partial charge < -0.3 is 11.5 Å². The normalized spacial score (nSPS) is 10.8. The molecule has 0 unspecified atom stereocenters. The summed E-state index contributed by atoms with van der Waals surface area (Å²) in [6.45, 7) is 0. The number of fused-ring (bicyclic) bond motifs is 1. The molecule has 0 spiro atoms. The van der Waals surface area contributed by atoms with Gasteiger partial charge in [0.1, 0.15) is 5.00 Å². The second kappa shape index (κ2) is 2.57. The summed E-state index contributed by atoms with van der Waals surface area (Å²) in [5.41, 5.74) is 12.2. The van der Waals surface area contributed by atoms with Gasteiger partial charge in [0.05, 0.1) is 4.70 Å². The van der Waals surface area contributed by atoms with Crippen LogP contribution in [-0.2, 0) is 0 Å². The molecular weight excluding hydrogens is 188 g/mol. The summed E-state index contributed by atoms with van der Waals surface area (Å²) in [5, 5.41) is 1.77. The van der Waals surface area contributed by atoms with Gasteiger partial charge >= 0.3 is 0 Å². The lowest BCUT2D eigenvalue weighted by molar-refractivity contribution is 1.66. The second-order valence-corrected chi connectivity index (χ2v) is 4.04. The minimum atomic E-state index is 0.728. The molecule has 0 atom stereocenters. The van der Waals surface area contributed by atoms with Crippen LogP contribution in [0.1, 0.15) is 0 Å². The minimum Gasteiger partial charge on any atom is -0.398 e. The minimum absolute atomic E-state index is 0.728. The molecule has 0 bridgehead atoms. The largest absolute Gasteiger partial charge is 0.398 e. The molecule has 0 aliphatic carbocycles. The Bertz CT molecular complexity index is 434. The molecule has 0 radical (unpaired) electrons. The summed E-state index contributed by atoms with van der Waals surface area (Å²) in [6, 6.07) is 5.75. The smallest absolute Gasteiger partial charge is 0.100 e. The van der Waals surface area contributed by atoms with Crippen LogP contribution >= 0.6 is 24.0 Å². The van der Waals surface area contributed by atoms with Crippen molar-refractivity contribution < 1.29 is 0 Å². The first kappa shape index (κ1) is 7.76. The molecule has 0 saturated heterocycles. The summed E-state index contributed by atoms with van der Waals surface area (Å²) in [6.07, 6.45) is 0. The monoisotopic (exact) mass is 196 g/mol. The molecule has 4 heteroatoms. The highest BCUT2D eigenvalue weighted by atomic mass is 32.1. The summed E-state index contributed by atoms with van der Waals surface area (Å²) in [4.78, 5) is 0.835. The second-order valence-electron chi connectivity index (χ2n) is 2.54. The van der Waals surface area contributed by atoms with Gasteiger partial charge in [-0.25, -0.2) is 0 Å². The third-order valence-electron chi connectivity index (χ3n) is 1.75. The van der Waals surface area contributed by atoms with E-state index in [4.69, 9.17) is 11.5 Å². The lowest BCUT2D eigenvalue weighted by Crippen LogP contribution is -1.82. The van der Waals surface area contributed by atoms with Gasteiger partial charge in [-0.2, -0.15) is 0 Å². The fourth-order valence-corrected chi connectivity index (χ4v) is 2.44. The molecule has 1 aromatic carbocycles. The van der Waals surface area contributed by atoms with Gasteiger partial charge in [0, 0.05) is 16.0 Å². The molecule has 2 nitrogen and oxygen atoms in total. The van der Waals surface area contributed by atoms with Gasteiger partial charge in [-0.1, -0.05) is 12.1 Å². The van der Waals surface area contributed by atoms with Gasteiger partial charge in [-0.15, -0.1) is 24.0 Å². The average molecular weight is 196 g/mol. The highest BCUT2D eigenvalue weighted by Gasteiger charge is 2.07. The average Bonchev–Trinajstić information content (AvgIpc) is 2.32. The first-order valence-electron chi connectivity index (χ1n) is 3.45. The molecule has 2 rings (SSSR count). The lowest BCUT2D eigenvalue weighted by Gasteiger charge is -1.93. The van der Waals surface area contributed by atoms with E-state index in [-0.39, 0.29) is 0 Å². The third kappa shape index (κ3) is 0.956. The quantitative estimate of drug-likeness (QED) is 0.447. The molecule has 1 aromatic heterocycles. The molecule has 12 heavy (non-hydrogen) atoms. The van der Waals surface area contributed by atoms with E-state index in [0.717, 1.165) is 25.7 Å². The number of thiophene rings is 1. The van der Waals surface area contributed by atoms with Crippen LogP contribution in [0.2, 0.25) is 0 Å². The fraction of sp³-hybridized carbons (Fsp3) is 0. The van der Waals surface area contributed by atoms with Crippen LogP contribution in [0.5, 0.6) is 0 Å². The highest BCUT2D eigenvalue weighted by molar-refractivity contribution is 7.81. The van der Waals surface area contributed by atoms with Crippen molar-refractivity contribution in [1.82, 2.24) is 0 Å². The van der Waals surface area contributed by atoms with Crippen molar-refractivity contribution in [2.24, 2.45) is 0 Å². The van der Waals surface area contributed by atoms with Gasteiger partial charge in [-0.3, -0.25) is 0 Å². The van der Waals surface area contributed by atoms with E-state index < -0.39 is 0 Å². The zero-order valence-corrected chi connectivity index (χ0v) is 7.95. The number of nitrogen functional groups attached to an aromatic ring is 2. The molecule has 1 heterocycles. The van der Waals surface area contributed by atoms with Gasteiger partial charge in [0.15, 0.2) is 0 Å². The maximum atomic E-state index is 5.76. The summed E-state index contributed by atoms with van der Waals surface area (Å²) < 4.78 is 1.03. The number of benzene rings is 1.